The molecule has 0 saturated carbocycles. The van der Waals surface area contributed by atoms with Crippen LogP contribution in [0.25, 0.3) is 0 Å². The van der Waals surface area contributed by atoms with Crippen LogP contribution in [-0.4, -0.2) is 50.2 Å². The summed E-state index contributed by atoms with van der Waals surface area (Å²) in [5, 5.41) is 2.88. The average Bonchev–Trinajstić information content (AvgIpc) is 2.66. The van der Waals surface area contributed by atoms with Crippen LogP contribution < -0.4 is 5.32 Å². The minimum Gasteiger partial charge on any atom is -0.380 e. The lowest BCUT2D eigenvalue weighted by atomic mass is 10.3. The first-order valence-corrected chi connectivity index (χ1v) is 4.72. The van der Waals surface area contributed by atoms with E-state index in [0.29, 0.717) is 19.6 Å². The zero-order valence-electron chi connectivity index (χ0n) is 8.45. The number of ether oxygens (including phenoxy) is 1. The Labute approximate surface area is 84.6 Å². The highest BCUT2D eigenvalue weighted by molar-refractivity contribution is 5.78. The molecule has 4 heteroatoms. The van der Waals surface area contributed by atoms with Crippen molar-refractivity contribution in [3.8, 4) is 12.3 Å². The molecule has 1 heterocycles. The molecule has 1 rings (SSSR count). The van der Waals surface area contributed by atoms with Gasteiger partial charge in [0, 0.05) is 20.2 Å². The van der Waals surface area contributed by atoms with Crippen molar-refractivity contribution >= 4 is 5.91 Å². The van der Waals surface area contributed by atoms with Gasteiger partial charge in [-0.2, -0.15) is 0 Å². The van der Waals surface area contributed by atoms with Crippen LogP contribution in [0.2, 0.25) is 0 Å². The number of likely N-dealkylation sites (tertiary alicyclic amines) is 1. The van der Waals surface area contributed by atoms with Crippen molar-refractivity contribution in [2.45, 2.75) is 12.5 Å². The Morgan fingerprint density at radius 3 is 3.14 bits per heavy atom. The highest BCUT2D eigenvalue weighted by Gasteiger charge is 2.25. The van der Waals surface area contributed by atoms with Crippen molar-refractivity contribution in [3.63, 3.8) is 0 Å². The summed E-state index contributed by atoms with van der Waals surface area (Å²) in [6.07, 6.45) is 6.18. The Kier molecular flexibility index (Phi) is 4.44. The molecule has 1 aliphatic rings. The Hall–Kier alpha value is -1.05. The summed E-state index contributed by atoms with van der Waals surface area (Å²) in [5.74, 6) is 2.52. The van der Waals surface area contributed by atoms with Crippen LogP contribution in [0.3, 0.4) is 0 Å². The molecule has 0 radical (unpaired) electrons. The van der Waals surface area contributed by atoms with Crippen LogP contribution in [-0.2, 0) is 9.53 Å². The Morgan fingerprint density at radius 1 is 1.79 bits per heavy atom. The van der Waals surface area contributed by atoms with Crippen LogP contribution in [0.1, 0.15) is 6.42 Å². The zero-order chi connectivity index (χ0) is 10.4. The number of carbonyl (C=O) groups is 1. The second kappa shape index (κ2) is 5.63. The second-order valence-electron chi connectivity index (χ2n) is 3.29. The van der Waals surface area contributed by atoms with Crippen LogP contribution in [0.5, 0.6) is 0 Å². The first kappa shape index (κ1) is 11.0. The summed E-state index contributed by atoms with van der Waals surface area (Å²) in [5.41, 5.74) is 0. The lowest BCUT2D eigenvalue weighted by Crippen LogP contribution is -2.37. The third kappa shape index (κ3) is 3.02. The molecule has 0 aromatic heterocycles. The van der Waals surface area contributed by atoms with E-state index in [1.165, 1.54) is 0 Å². The summed E-state index contributed by atoms with van der Waals surface area (Å²) >= 11 is 0. The van der Waals surface area contributed by atoms with E-state index in [1.807, 2.05) is 0 Å². The quantitative estimate of drug-likeness (QED) is 0.485. The summed E-state index contributed by atoms with van der Waals surface area (Å²) in [4.78, 5) is 13.3. The van der Waals surface area contributed by atoms with Gasteiger partial charge in [0.15, 0.2) is 0 Å². The monoisotopic (exact) mass is 196 g/mol. The fraction of sp³-hybridized carbons (Fsp3) is 0.700. The number of nitrogens with zero attached hydrogens (tertiary/aromatic N) is 1. The van der Waals surface area contributed by atoms with E-state index < -0.39 is 0 Å². The van der Waals surface area contributed by atoms with E-state index in [9.17, 15) is 4.79 Å². The predicted octanol–water partition coefficient (Wildman–Crippen LogP) is -0.543. The first-order chi connectivity index (χ1) is 6.77. The van der Waals surface area contributed by atoms with Crippen molar-refractivity contribution in [3.05, 3.63) is 0 Å². The Bertz CT molecular complexity index is 235. The third-order valence-corrected chi connectivity index (χ3v) is 2.33. The molecule has 1 atom stereocenters. The van der Waals surface area contributed by atoms with E-state index in [1.54, 1.807) is 12.0 Å². The molecule has 0 bridgehead atoms. The molecule has 1 unspecified atom stereocenters. The number of rotatable bonds is 4. The van der Waals surface area contributed by atoms with Crippen molar-refractivity contribution < 1.29 is 9.53 Å². The number of hydrogen-bond donors (Lipinski definition) is 1. The molecule has 1 saturated heterocycles. The summed E-state index contributed by atoms with van der Waals surface area (Å²) in [6, 6.07) is 0. The highest BCUT2D eigenvalue weighted by atomic mass is 16.5. The number of carbonyl (C=O) groups excluding carboxylic acids is 1. The van der Waals surface area contributed by atoms with Gasteiger partial charge in [-0.15, -0.1) is 6.42 Å². The smallest absolute Gasteiger partial charge is 0.236 e. The van der Waals surface area contributed by atoms with Crippen molar-refractivity contribution in [2.24, 2.45) is 0 Å². The molecule has 0 aromatic carbocycles. The van der Waals surface area contributed by atoms with Gasteiger partial charge in [-0.25, -0.2) is 0 Å². The van der Waals surface area contributed by atoms with Crippen molar-refractivity contribution in [1.29, 1.82) is 0 Å². The molecular weight excluding hydrogens is 180 g/mol. The van der Waals surface area contributed by atoms with Crippen molar-refractivity contribution in [2.75, 3.05) is 33.3 Å². The molecule has 14 heavy (non-hydrogen) atoms. The molecule has 0 spiro atoms. The molecule has 4 nitrogen and oxygen atoms in total. The van der Waals surface area contributed by atoms with Gasteiger partial charge in [0.1, 0.15) is 0 Å². The number of amides is 1. The topological polar surface area (TPSA) is 41.6 Å². The predicted molar refractivity (Wildman–Crippen MR) is 53.7 cm³/mol. The van der Waals surface area contributed by atoms with Gasteiger partial charge < -0.3 is 9.64 Å². The second-order valence-corrected chi connectivity index (χ2v) is 3.29. The van der Waals surface area contributed by atoms with Gasteiger partial charge in [-0.05, 0) is 6.42 Å². The van der Waals surface area contributed by atoms with Gasteiger partial charge >= 0.3 is 0 Å². The van der Waals surface area contributed by atoms with Gasteiger partial charge in [-0.1, -0.05) is 5.92 Å². The third-order valence-electron chi connectivity index (χ3n) is 2.33. The minimum atomic E-state index is 0.0970. The van der Waals surface area contributed by atoms with E-state index in [2.05, 4.69) is 11.2 Å². The van der Waals surface area contributed by atoms with Crippen LogP contribution in [0.4, 0.5) is 0 Å². The molecular formula is C10H16N2O2. The largest absolute Gasteiger partial charge is 0.380 e. The molecule has 78 valence electrons. The Morgan fingerprint density at radius 2 is 2.57 bits per heavy atom. The van der Waals surface area contributed by atoms with E-state index >= 15 is 0 Å². The number of hydrogen-bond acceptors (Lipinski definition) is 3. The number of terminal acetylenes is 1. The van der Waals surface area contributed by atoms with Gasteiger partial charge in [-0.3, -0.25) is 10.1 Å². The fourth-order valence-electron chi connectivity index (χ4n) is 1.50. The summed E-state index contributed by atoms with van der Waals surface area (Å²) in [7, 11) is 1.68. The first-order valence-electron chi connectivity index (χ1n) is 4.72. The average molecular weight is 196 g/mol. The van der Waals surface area contributed by atoms with Crippen molar-refractivity contribution in [1.82, 2.24) is 10.2 Å². The number of methoxy groups -OCH3 is 1. The Balaban J connectivity index is 2.22. The maximum absolute atomic E-state index is 11.5. The lowest BCUT2D eigenvalue weighted by Gasteiger charge is -2.15. The summed E-state index contributed by atoms with van der Waals surface area (Å²) < 4.78 is 5.17. The van der Waals surface area contributed by atoms with Gasteiger partial charge in [0.25, 0.3) is 0 Å². The standard InChI is InChI=1S/C10H16N2O2/c1-3-5-11-7-10(13)12-6-4-9(8-12)14-2/h1,9,11H,4-8H2,2H3. The molecule has 0 aliphatic carbocycles. The van der Waals surface area contributed by atoms with E-state index in [4.69, 9.17) is 11.2 Å². The van der Waals surface area contributed by atoms with Crippen LogP contribution in [0, 0.1) is 12.3 Å². The SMILES string of the molecule is C#CCNCC(=O)N1CCC(OC)C1. The maximum atomic E-state index is 11.5. The zero-order valence-corrected chi connectivity index (χ0v) is 8.45. The number of nitrogens with one attached hydrogen (secondary N) is 1. The highest BCUT2D eigenvalue weighted by Crippen LogP contribution is 2.11. The fourth-order valence-corrected chi connectivity index (χ4v) is 1.50. The van der Waals surface area contributed by atoms with Crippen LogP contribution in [0.15, 0.2) is 0 Å². The van der Waals surface area contributed by atoms with Gasteiger partial charge in [0.05, 0.1) is 19.2 Å². The summed E-state index contributed by atoms with van der Waals surface area (Å²) in [6.45, 7) is 2.25. The maximum Gasteiger partial charge on any atom is 0.236 e. The molecule has 1 fully saturated rings. The van der Waals surface area contributed by atoms with E-state index in [0.717, 1.165) is 13.0 Å². The minimum absolute atomic E-state index is 0.0970. The van der Waals surface area contributed by atoms with Gasteiger partial charge in [0.2, 0.25) is 5.91 Å². The lowest BCUT2D eigenvalue weighted by molar-refractivity contribution is -0.129. The van der Waals surface area contributed by atoms with Crippen LogP contribution >= 0.6 is 0 Å². The molecule has 1 aliphatic heterocycles. The molecule has 1 N–H and O–H groups in total. The molecule has 1 amide bonds. The molecule has 0 aromatic rings. The normalized spacial score (nSPS) is 20.9. The van der Waals surface area contributed by atoms with E-state index in [-0.39, 0.29) is 12.0 Å².